The van der Waals surface area contributed by atoms with E-state index in [2.05, 4.69) is 15.4 Å². The highest BCUT2D eigenvalue weighted by atomic mass is 19.4. The van der Waals surface area contributed by atoms with Gasteiger partial charge in [-0.15, -0.1) is 0 Å². The van der Waals surface area contributed by atoms with Gasteiger partial charge in [0, 0.05) is 22.8 Å². The summed E-state index contributed by atoms with van der Waals surface area (Å²) in [5.74, 6) is -0.553. The molecule has 0 saturated heterocycles. The van der Waals surface area contributed by atoms with Crippen molar-refractivity contribution in [1.29, 1.82) is 0 Å². The number of halogens is 6. The first-order chi connectivity index (χ1) is 18.8. The molecule has 13 heteroatoms. The van der Waals surface area contributed by atoms with Crippen LogP contribution in [-0.2, 0) is 12.7 Å². The maximum absolute atomic E-state index is 13.4. The topological polar surface area (TPSA) is 81.8 Å². The molecule has 0 spiro atoms. The van der Waals surface area contributed by atoms with E-state index in [4.69, 9.17) is 0 Å². The predicted molar refractivity (Wildman–Crippen MR) is 134 cm³/mol. The van der Waals surface area contributed by atoms with Crippen molar-refractivity contribution in [3.63, 3.8) is 0 Å². The third-order valence-corrected chi connectivity index (χ3v) is 6.29. The maximum Gasteiger partial charge on any atom is 0.416 e. The smallest absolute Gasteiger partial charge is 0.344 e. The zero-order valence-corrected chi connectivity index (χ0v) is 20.6. The first kappa shape index (κ1) is 26.9. The number of benzene rings is 2. The van der Waals surface area contributed by atoms with Gasteiger partial charge in [0.05, 0.1) is 39.9 Å². The van der Waals surface area contributed by atoms with E-state index in [0.717, 1.165) is 35.0 Å². The van der Waals surface area contributed by atoms with Crippen LogP contribution in [-0.4, -0.2) is 31.4 Å². The lowest BCUT2D eigenvalue weighted by molar-refractivity contribution is -0.142. The van der Waals surface area contributed by atoms with Gasteiger partial charge in [-0.25, -0.2) is 0 Å². The van der Waals surface area contributed by atoms with Crippen molar-refractivity contribution < 1.29 is 31.1 Å². The summed E-state index contributed by atoms with van der Waals surface area (Å²) >= 11 is 0. The van der Waals surface area contributed by atoms with E-state index >= 15 is 0 Å². The second kappa shape index (κ2) is 9.81. The number of fused-ring (bicyclic) bond motifs is 3. The summed E-state index contributed by atoms with van der Waals surface area (Å²) in [7, 11) is 0. The average Bonchev–Trinajstić information content (AvgIpc) is 3.31. The van der Waals surface area contributed by atoms with E-state index in [1.807, 2.05) is 0 Å². The number of nitrogens with one attached hydrogen (secondary N) is 1. The van der Waals surface area contributed by atoms with Crippen molar-refractivity contribution >= 4 is 27.7 Å². The van der Waals surface area contributed by atoms with Crippen LogP contribution in [0.4, 0.5) is 26.3 Å². The van der Waals surface area contributed by atoms with Gasteiger partial charge in [-0.1, -0.05) is 6.07 Å². The van der Waals surface area contributed by atoms with Crippen LogP contribution in [0.25, 0.3) is 27.5 Å². The molecule has 40 heavy (non-hydrogen) atoms. The summed E-state index contributed by atoms with van der Waals surface area (Å²) in [6, 6.07) is 12.5. The number of rotatable bonds is 5. The molecule has 0 aliphatic rings. The van der Waals surface area contributed by atoms with Crippen LogP contribution >= 0.6 is 0 Å². The van der Waals surface area contributed by atoms with Gasteiger partial charge in [-0.3, -0.25) is 23.8 Å². The Bertz CT molecular complexity index is 1770. The Balaban J connectivity index is 1.69. The van der Waals surface area contributed by atoms with Crippen LogP contribution < -0.4 is 10.9 Å². The number of aromatic nitrogens is 4. The zero-order valence-electron chi connectivity index (χ0n) is 20.6. The number of carbonyl (C=O) groups excluding carboxylic acids is 1. The molecule has 0 unspecified atom stereocenters. The summed E-state index contributed by atoms with van der Waals surface area (Å²) < 4.78 is 81.0. The summed E-state index contributed by atoms with van der Waals surface area (Å²) in [6.07, 6.45) is -6.74. The van der Waals surface area contributed by atoms with Crippen LogP contribution in [0.15, 0.2) is 77.9 Å². The van der Waals surface area contributed by atoms with E-state index < -0.39 is 42.0 Å². The van der Waals surface area contributed by atoms with Gasteiger partial charge in [0.15, 0.2) is 0 Å². The summed E-state index contributed by atoms with van der Waals surface area (Å²) in [4.78, 5) is 30.7. The molecule has 0 aliphatic heterocycles. The lowest BCUT2D eigenvalue weighted by Crippen LogP contribution is -2.27. The average molecular weight is 559 g/mol. The molecular formula is C27H19F6N5O2. The third kappa shape index (κ3) is 5.14. The molecule has 1 N–H and O–H groups in total. The minimum absolute atomic E-state index is 0.0504. The molecule has 206 valence electrons. The van der Waals surface area contributed by atoms with Crippen LogP contribution in [0.3, 0.4) is 0 Å². The Kier molecular flexibility index (Phi) is 6.60. The van der Waals surface area contributed by atoms with Gasteiger partial charge < -0.3 is 5.32 Å². The summed E-state index contributed by atoms with van der Waals surface area (Å²) in [6.45, 7) is 0.211. The number of carbonyl (C=O) groups is 1. The Morgan fingerprint density at radius 2 is 1.70 bits per heavy atom. The molecule has 7 nitrogen and oxygen atoms in total. The predicted octanol–water partition coefficient (Wildman–Crippen LogP) is 5.81. The minimum atomic E-state index is -4.67. The van der Waals surface area contributed by atoms with Crippen molar-refractivity contribution in [1.82, 2.24) is 24.6 Å². The normalized spacial score (nSPS) is 13.1. The molecule has 3 aromatic heterocycles. The number of nitrogens with zero attached hydrogens (tertiary/aromatic N) is 4. The Labute approximate surface area is 221 Å². The SMILES string of the molecule is C[C@H](NC(=O)c1ccc2c(c1)c1c(cnn1CC(F)(F)F)c(=O)n2-c1ccc(C(F)(F)F)cc1)c1ccccn1. The molecule has 5 aromatic rings. The summed E-state index contributed by atoms with van der Waals surface area (Å²) in [5.41, 5.74) is -1.09. The Hall–Kier alpha value is -4.68. The van der Waals surface area contributed by atoms with Gasteiger partial charge in [0.25, 0.3) is 11.5 Å². The highest BCUT2D eigenvalue weighted by Crippen LogP contribution is 2.32. The molecule has 2 aromatic carbocycles. The molecule has 0 aliphatic carbocycles. The van der Waals surface area contributed by atoms with E-state index in [1.54, 1.807) is 31.3 Å². The Morgan fingerprint density at radius 1 is 0.975 bits per heavy atom. The largest absolute Gasteiger partial charge is 0.416 e. The molecule has 0 fully saturated rings. The maximum atomic E-state index is 13.4. The molecule has 1 atom stereocenters. The number of pyridine rings is 2. The monoisotopic (exact) mass is 559 g/mol. The molecule has 3 heterocycles. The molecular weight excluding hydrogens is 540 g/mol. The second-order valence-electron chi connectivity index (χ2n) is 9.05. The third-order valence-electron chi connectivity index (χ3n) is 6.29. The van der Waals surface area contributed by atoms with E-state index in [1.165, 1.54) is 18.2 Å². The van der Waals surface area contributed by atoms with Crippen molar-refractivity contribution in [2.75, 3.05) is 0 Å². The number of amides is 1. The zero-order chi connectivity index (χ0) is 28.8. The highest BCUT2D eigenvalue weighted by molar-refractivity contribution is 6.07. The summed E-state index contributed by atoms with van der Waals surface area (Å²) in [5, 5.41) is 6.41. The van der Waals surface area contributed by atoms with Gasteiger partial charge >= 0.3 is 12.4 Å². The Morgan fingerprint density at radius 3 is 2.33 bits per heavy atom. The minimum Gasteiger partial charge on any atom is -0.344 e. The van der Waals surface area contributed by atoms with E-state index in [0.29, 0.717) is 10.4 Å². The number of hydrogen-bond donors (Lipinski definition) is 1. The van der Waals surface area contributed by atoms with Crippen LogP contribution in [0.5, 0.6) is 0 Å². The van der Waals surface area contributed by atoms with Gasteiger partial charge in [-0.2, -0.15) is 31.4 Å². The highest BCUT2D eigenvalue weighted by Gasteiger charge is 2.32. The van der Waals surface area contributed by atoms with Crippen molar-refractivity contribution in [3.8, 4) is 5.69 Å². The standard InChI is InChI=1S/C27H19F6N5O2/c1-15(21-4-2-3-11-34-21)36-24(39)16-5-10-22-19(12-16)23-20(13-35-37(23)14-26(28,29)30)25(40)38(22)18-8-6-17(7-9-18)27(31,32)33/h2-13,15H,14H2,1H3,(H,36,39)/t15-/m0/s1. The first-order valence-corrected chi connectivity index (χ1v) is 11.8. The van der Waals surface area contributed by atoms with Gasteiger partial charge in [-0.05, 0) is 61.5 Å². The lowest BCUT2D eigenvalue weighted by Gasteiger charge is -2.16. The molecule has 0 bridgehead atoms. The van der Waals surface area contributed by atoms with E-state index in [9.17, 15) is 35.9 Å². The molecule has 5 rings (SSSR count). The fourth-order valence-corrected chi connectivity index (χ4v) is 4.45. The quantitative estimate of drug-likeness (QED) is 0.276. The van der Waals surface area contributed by atoms with Crippen LogP contribution in [0, 0.1) is 0 Å². The first-order valence-electron chi connectivity index (χ1n) is 11.8. The van der Waals surface area contributed by atoms with Crippen molar-refractivity contribution in [2.24, 2.45) is 0 Å². The number of alkyl halides is 6. The van der Waals surface area contributed by atoms with E-state index in [-0.39, 0.29) is 33.1 Å². The van der Waals surface area contributed by atoms with Gasteiger partial charge in [0.1, 0.15) is 6.54 Å². The molecule has 0 saturated carbocycles. The second-order valence-corrected chi connectivity index (χ2v) is 9.05. The molecule has 1 amide bonds. The van der Waals surface area contributed by atoms with Crippen molar-refractivity contribution in [3.05, 3.63) is 100 Å². The van der Waals surface area contributed by atoms with Gasteiger partial charge in [0.2, 0.25) is 0 Å². The van der Waals surface area contributed by atoms with Crippen LogP contribution in [0.1, 0.15) is 34.6 Å². The number of hydrogen-bond acceptors (Lipinski definition) is 4. The lowest BCUT2D eigenvalue weighted by atomic mass is 10.1. The van der Waals surface area contributed by atoms with Crippen molar-refractivity contribution in [2.45, 2.75) is 31.9 Å². The fraction of sp³-hybridized carbons (Fsp3) is 0.185. The van der Waals surface area contributed by atoms with Crippen LogP contribution in [0.2, 0.25) is 0 Å². The molecule has 0 radical (unpaired) electrons. The fourth-order valence-electron chi connectivity index (χ4n) is 4.45.